The van der Waals surface area contributed by atoms with Crippen molar-refractivity contribution in [2.75, 3.05) is 7.11 Å². The van der Waals surface area contributed by atoms with Gasteiger partial charge in [-0.3, -0.25) is 4.79 Å². The van der Waals surface area contributed by atoms with Crippen molar-refractivity contribution in [2.24, 2.45) is 7.05 Å². The highest BCUT2D eigenvalue weighted by Gasteiger charge is 2.13. The zero-order valence-electron chi connectivity index (χ0n) is 9.88. The van der Waals surface area contributed by atoms with Crippen LogP contribution in [0.2, 0.25) is 0 Å². The number of aromatic nitrogens is 1. The van der Waals surface area contributed by atoms with Crippen molar-refractivity contribution in [3.8, 4) is 0 Å². The molecule has 1 N–H and O–H groups in total. The minimum absolute atomic E-state index is 0.0190. The van der Waals surface area contributed by atoms with Crippen molar-refractivity contribution in [3.63, 3.8) is 0 Å². The molecule has 1 aromatic carbocycles. The number of nitrogens with zero attached hydrogens (tertiary/aromatic N) is 1. The number of methoxy groups -OCH3 is 1. The number of fused-ring (bicyclic) bond motifs is 1. The van der Waals surface area contributed by atoms with Crippen LogP contribution in [0.3, 0.4) is 0 Å². The summed E-state index contributed by atoms with van der Waals surface area (Å²) < 4.78 is 6.54. The third-order valence-electron chi connectivity index (χ3n) is 2.88. The van der Waals surface area contributed by atoms with E-state index in [9.17, 15) is 9.90 Å². The van der Waals surface area contributed by atoms with Crippen LogP contribution in [0.5, 0.6) is 0 Å². The zero-order valence-corrected chi connectivity index (χ0v) is 9.88. The van der Waals surface area contributed by atoms with Gasteiger partial charge in [-0.25, -0.2) is 0 Å². The lowest BCUT2D eigenvalue weighted by Gasteiger charge is -2.09. The molecule has 0 radical (unpaired) electrons. The molecule has 0 spiro atoms. The van der Waals surface area contributed by atoms with E-state index >= 15 is 0 Å². The number of rotatable bonds is 3. The molecule has 0 saturated heterocycles. The van der Waals surface area contributed by atoms with E-state index in [0.717, 1.165) is 16.5 Å². The van der Waals surface area contributed by atoms with E-state index in [0.29, 0.717) is 0 Å². The summed E-state index contributed by atoms with van der Waals surface area (Å²) in [6, 6.07) is 7.63. The van der Waals surface area contributed by atoms with Crippen LogP contribution in [0, 0.1) is 0 Å². The molecule has 4 nitrogen and oxygen atoms in total. The van der Waals surface area contributed by atoms with Gasteiger partial charge >= 0.3 is 5.97 Å². The molecule has 0 aliphatic heterocycles. The summed E-state index contributed by atoms with van der Waals surface area (Å²) in [5.74, 6) is -0.411. The topological polar surface area (TPSA) is 51.5 Å². The Hall–Kier alpha value is -1.81. The Labute approximate surface area is 99.4 Å². The lowest BCUT2D eigenvalue weighted by molar-refractivity contribution is -0.142. The van der Waals surface area contributed by atoms with Gasteiger partial charge < -0.3 is 14.4 Å². The summed E-state index contributed by atoms with van der Waals surface area (Å²) >= 11 is 0. The van der Waals surface area contributed by atoms with Crippen LogP contribution in [-0.2, 0) is 16.6 Å². The smallest absolute Gasteiger partial charge is 0.308 e. The van der Waals surface area contributed by atoms with Gasteiger partial charge in [-0.1, -0.05) is 6.07 Å². The molecule has 0 aliphatic carbocycles. The van der Waals surface area contributed by atoms with Gasteiger partial charge in [-0.05, 0) is 29.1 Å². The number of carbonyl (C=O) groups excluding carboxylic acids is 1. The van der Waals surface area contributed by atoms with Crippen LogP contribution in [0.4, 0.5) is 0 Å². The lowest BCUT2D eigenvalue weighted by Crippen LogP contribution is -2.07. The van der Waals surface area contributed by atoms with Gasteiger partial charge in [-0.2, -0.15) is 0 Å². The van der Waals surface area contributed by atoms with Gasteiger partial charge in [0.1, 0.15) is 0 Å². The van der Waals surface area contributed by atoms with Crippen molar-refractivity contribution < 1.29 is 14.6 Å². The average Bonchev–Trinajstić information content (AvgIpc) is 2.70. The van der Waals surface area contributed by atoms with Gasteiger partial charge in [0.2, 0.25) is 0 Å². The van der Waals surface area contributed by atoms with Crippen LogP contribution >= 0.6 is 0 Å². The van der Waals surface area contributed by atoms with E-state index < -0.39 is 12.1 Å². The second-order valence-electron chi connectivity index (χ2n) is 4.04. The number of carbonyl (C=O) groups is 1. The average molecular weight is 233 g/mol. The number of ether oxygens (including phenoxy) is 1. The first-order chi connectivity index (χ1) is 8.11. The fourth-order valence-corrected chi connectivity index (χ4v) is 1.87. The second kappa shape index (κ2) is 4.59. The SMILES string of the molecule is COC(=O)C[C@H](O)c1ccc2c(ccn2C)c1. The number of aliphatic hydroxyl groups is 1. The Morgan fingerprint density at radius 1 is 1.47 bits per heavy atom. The molecule has 1 heterocycles. The Kier molecular flexibility index (Phi) is 3.15. The molecule has 17 heavy (non-hydrogen) atoms. The fraction of sp³-hybridized carbons (Fsp3) is 0.308. The van der Waals surface area contributed by atoms with E-state index in [2.05, 4.69) is 4.74 Å². The fourth-order valence-electron chi connectivity index (χ4n) is 1.87. The number of esters is 1. The summed E-state index contributed by atoms with van der Waals surface area (Å²) in [6.07, 6.45) is 1.13. The highest BCUT2D eigenvalue weighted by Crippen LogP contribution is 2.23. The summed E-state index contributed by atoms with van der Waals surface area (Å²) in [6.45, 7) is 0. The molecular formula is C13H15NO3. The molecule has 1 aromatic heterocycles. The number of aryl methyl sites for hydroxylation is 1. The van der Waals surface area contributed by atoms with Gasteiger partial charge in [0.25, 0.3) is 0 Å². The van der Waals surface area contributed by atoms with E-state index in [4.69, 9.17) is 0 Å². The molecule has 0 fully saturated rings. The van der Waals surface area contributed by atoms with Gasteiger partial charge in [-0.15, -0.1) is 0 Å². The van der Waals surface area contributed by atoms with E-state index in [1.807, 2.05) is 42.1 Å². The Balaban J connectivity index is 2.26. The Bertz CT molecular complexity index is 545. The van der Waals surface area contributed by atoms with E-state index in [1.165, 1.54) is 7.11 Å². The first kappa shape index (κ1) is 11.7. The maximum Gasteiger partial charge on any atom is 0.308 e. The monoisotopic (exact) mass is 233 g/mol. The van der Waals surface area contributed by atoms with Gasteiger partial charge in [0.15, 0.2) is 0 Å². The molecule has 1 atom stereocenters. The molecule has 0 unspecified atom stereocenters. The summed E-state index contributed by atoms with van der Waals surface area (Å²) in [5, 5.41) is 10.9. The first-order valence-corrected chi connectivity index (χ1v) is 5.41. The third-order valence-corrected chi connectivity index (χ3v) is 2.88. The van der Waals surface area contributed by atoms with E-state index in [1.54, 1.807) is 0 Å². The minimum atomic E-state index is -0.813. The lowest BCUT2D eigenvalue weighted by atomic mass is 10.0. The van der Waals surface area contributed by atoms with Crippen LogP contribution < -0.4 is 0 Å². The predicted molar refractivity (Wildman–Crippen MR) is 64.5 cm³/mol. The van der Waals surface area contributed by atoms with Crippen molar-refractivity contribution in [1.82, 2.24) is 4.57 Å². The number of aliphatic hydroxyl groups excluding tert-OH is 1. The maximum atomic E-state index is 11.1. The standard InChI is InChI=1S/C13H15NO3/c1-14-6-5-9-7-10(3-4-11(9)14)12(15)8-13(16)17-2/h3-7,12,15H,8H2,1-2H3/t12-/m0/s1. The van der Waals surface area contributed by atoms with Crippen molar-refractivity contribution in [2.45, 2.75) is 12.5 Å². The first-order valence-electron chi connectivity index (χ1n) is 5.41. The van der Waals surface area contributed by atoms with Crippen LogP contribution in [0.15, 0.2) is 30.5 Å². The molecule has 0 amide bonds. The quantitative estimate of drug-likeness (QED) is 0.822. The molecule has 4 heteroatoms. The number of hydrogen-bond donors (Lipinski definition) is 1. The van der Waals surface area contributed by atoms with Crippen LogP contribution in [-0.4, -0.2) is 22.8 Å². The van der Waals surface area contributed by atoms with Crippen molar-refractivity contribution in [3.05, 3.63) is 36.0 Å². The van der Waals surface area contributed by atoms with Crippen LogP contribution in [0.1, 0.15) is 18.1 Å². The largest absolute Gasteiger partial charge is 0.469 e. The second-order valence-corrected chi connectivity index (χ2v) is 4.04. The number of hydrogen-bond acceptors (Lipinski definition) is 3. The van der Waals surface area contributed by atoms with Crippen molar-refractivity contribution >= 4 is 16.9 Å². The summed E-state index contributed by atoms with van der Waals surface area (Å²) in [4.78, 5) is 11.1. The Morgan fingerprint density at radius 2 is 2.24 bits per heavy atom. The highest BCUT2D eigenvalue weighted by atomic mass is 16.5. The van der Waals surface area contributed by atoms with Gasteiger partial charge in [0, 0.05) is 18.8 Å². The Morgan fingerprint density at radius 3 is 2.94 bits per heavy atom. The molecule has 0 saturated carbocycles. The molecule has 0 aliphatic rings. The predicted octanol–water partition coefficient (Wildman–Crippen LogP) is 1.77. The molecule has 2 rings (SSSR count). The summed E-state index contributed by atoms with van der Waals surface area (Å²) in [7, 11) is 3.28. The number of benzene rings is 1. The van der Waals surface area contributed by atoms with Gasteiger partial charge in [0.05, 0.1) is 19.6 Å². The minimum Gasteiger partial charge on any atom is -0.469 e. The summed E-state index contributed by atoms with van der Waals surface area (Å²) in [5.41, 5.74) is 1.83. The van der Waals surface area contributed by atoms with Crippen LogP contribution in [0.25, 0.3) is 10.9 Å². The highest BCUT2D eigenvalue weighted by molar-refractivity contribution is 5.81. The zero-order chi connectivity index (χ0) is 12.4. The molecule has 90 valence electrons. The van der Waals surface area contributed by atoms with E-state index in [-0.39, 0.29) is 6.42 Å². The third kappa shape index (κ3) is 2.31. The molecule has 2 aromatic rings. The molecular weight excluding hydrogens is 218 g/mol. The van der Waals surface area contributed by atoms with Crippen molar-refractivity contribution in [1.29, 1.82) is 0 Å². The molecule has 0 bridgehead atoms. The normalized spacial score (nSPS) is 12.6. The maximum absolute atomic E-state index is 11.1.